The van der Waals surface area contributed by atoms with E-state index in [1.54, 1.807) is 6.07 Å². The summed E-state index contributed by atoms with van der Waals surface area (Å²) in [6.45, 7) is 8.87. The van der Waals surface area contributed by atoms with E-state index in [0.717, 1.165) is 75.1 Å². The molecular weight excluding hydrogens is 479 g/mol. The molecule has 0 amide bonds. The second-order valence-electron chi connectivity index (χ2n) is 9.90. The highest BCUT2D eigenvalue weighted by Crippen LogP contribution is 2.39. The van der Waals surface area contributed by atoms with Crippen LogP contribution in [0.2, 0.25) is 0 Å². The molecule has 2 heterocycles. The van der Waals surface area contributed by atoms with Crippen LogP contribution in [0, 0.1) is 6.92 Å². The second kappa shape index (κ2) is 13.4. The van der Waals surface area contributed by atoms with Gasteiger partial charge < -0.3 is 25.9 Å². The number of pyridine rings is 1. The molecular formula is C28H42F3N5O. The lowest BCUT2D eigenvalue weighted by atomic mass is 10.0. The van der Waals surface area contributed by atoms with Gasteiger partial charge in [0.05, 0.1) is 5.56 Å². The van der Waals surface area contributed by atoms with Crippen LogP contribution in [-0.4, -0.2) is 47.2 Å². The zero-order valence-electron chi connectivity index (χ0n) is 22.2. The van der Waals surface area contributed by atoms with Crippen molar-refractivity contribution in [1.29, 1.82) is 0 Å². The molecule has 1 aromatic carbocycles. The van der Waals surface area contributed by atoms with E-state index in [1.807, 2.05) is 19.9 Å². The number of unbranched alkanes of at least 4 members (excludes halogenated alkanes) is 6. The van der Waals surface area contributed by atoms with Crippen molar-refractivity contribution in [2.75, 3.05) is 32.7 Å². The van der Waals surface area contributed by atoms with Gasteiger partial charge in [-0.05, 0) is 50.4 Å². The fraction of sp³-hybridized carbons (Fsp3) is 0.607. The number of nitrogens with one attached hydrogen (secondary N) is 1. The fourth-order valence-corrected chi connectivity index (χ4v) is 5.57. The summed E-state index contributed by atoms with van der Waals surface area (Å²) in [6.07, 6.45) is 4.10. The van der Waals surface area contributed by atoms with E-state index in [9.17, 15) is 18.0 Å². The van der Waals surface area contributed by atoms with Gasteiger partial charge in [-0.2, -0.15) is 13.2 Å². The Labute approximate surface area is 217 Å². The number of aryl methyl sites for hydroxylation is 2. The summed E-state index contributed by atoms with van der Waals surface area (Å²) in [6, 6.07) is 4.13. The molecule has 0 aliphatic heterocycles. The lowest BCUT2D eigenvalue weighted by Crippen LogP contribution is -2.34. The van der Waals surface area contributed by atoms with E-state index in [0.29, 0.717) is 24.5 Å². The first-order valence-corrected chi connectivity index (χ1v) is 13.6. The summed E-state index contributed by atoms with van der Waals surface area (Å²) >= 11 is 0. The van der Waals surface area contributed by atoms with Crippen molar-refractivity contribution in [3.63, 3.8) is 0 Å². The van der Waals surface area contributed by atoms with Crippen LogP contribution in [0.25, 0.3) is 21.8 Å². The molecule has 2 aromatic heterocycles. The number of alkyl halides is 3. The number of benzene rings is 1. The number of fused-ring (bicyclic) bond motifs is 3. The number of hydrogen-bond acceptors (Lipinski definition) is 4. The minimum absolute atomic E-state index is 0.0899. The summed E-state index contributed by atoms with van der Waals surface area (Å²) in [7, 11) is 0. The largest absolute Gasteiger partial charge is 0.417 e. The van der Waals surface area contributed by atoms with Crippen molar-refractivity contribution in [2.24, 2.45) is 11.5 Å². The molecule has 0 aliphatic carbocycles. The van der Waals surface area contributed by atoms with E-state index in [1.165, 1.54) is 19.3 Å². The second-order valence-corrected chi connectivity index (χ2v) is 9.90. The van der Waals surface area contributed by atoms with Crippen LogP contribution >= 0.6 is 0 Å². The van der Waals surface area contributed by atoms with Crippen molar-refractivity contribution in [3.05, 3.63) is 45.4 Å². The molecule has 206 valence electrons. The van der Waals surface area contributed by atoms with Gasteiger partial charge in [0.1, 0.15) is 0 Å². The van der Waals surface area contributed by atoms with Gasteiger partial charge in [-0.15, -0.1) is 0 Å². The molecule has 37 heavy (non-hydrogen) atoms. The molecule has 0 aliphatic rings. The minimum Gasteiger partial charge on any atom is -0.344 e. The zero-order valence-corrected chi connectivity index (χ0v) is 22.2. The van der Waals surface area contributed by atoms with Gasteiger partial charge in [-0.3, -0.25) is 4.79 Å². The first-order chi connectivity index (χ1) is 17.7. The molecule has 0 radical (unpaired) electrons. The monoisotopic (exact) mass is 521 g/mol. The molecule has 0 saturated heterocycles. The molecule has 3 rings (SSSR count). The third-order valence-corrected chi connectivity index (χ3v) is 7.30. The summed E-state index contributed by atoms with van der Waals surface area (Å²) < 4.78 is 43.8. The number of halogens is 3. The zero-order chi connectivity index (χ0) is 27.0. The molecule has 3 aromatic rings. The van der Waals surface area contributed by atoms with E-state index in [2.05, 4.69) is 14.5 Å². The Kier molecular flexibility index (Phi) is 10.6. The highest BCUT2D eigenvalue weighted by atomic mass is 19.4. The number of nitrogens with two attached hydrogens (primary N) is 2. The minimum atomic E-state index is -4.60. The van der Waals surface area contributed by atoms with Crippen molar-refractivity contribution >= 4 is 21.8 Å². The maximum absolute atomic E-state index is 13.9. The van der Waals surface area contributed by atoms with Crippen molar-refractivity contribution in [1.82, 2.24) is 14.5 Å². The van der Waals surface area contributed by atoms with E-state index in [4.69, 9.17) is 11.5 Å². The lowest BCUT2D eigenvalue weighted by Gasteiger charge is -2.20. The first kappa shape index (κ1) is 29.2. The maximum Gasteiger partial charge on any atom is 0.417 e. The Bertz CT molecular complexity index is 1210. The number of H-pyrrole nitrogens is 1. The summed E-state index contributed by atoms with van der Waals surface area (Å²) in [5.41, 5.74) is 12.7. The first-order valence-electron chi connectivity index (χ1n) is 13.6. The van der Waals surface area contributed by atoms with Gasteiger partial charge in [0.2, 0.25) is 5.56 Å². The van der Waals surface area contributed by atoms with Crippen LogP contribution in [-0.2, 0) is 19.1 Å². The van der Waals surface area contributed by atoms with Gasteiger partial charge in [-0.1, -0.05) is 39.0 Å². The van der Waals surface area contributed by atoms with Crippen LogP contribution in [0.1, 0.15) is 68.7 Å². The summed E-state index contributed by atoms with van der Waals surface area (Å²) in [5.74, 6) is 0. The number of aromatic amines is 1. The Morgan fingerprint density at radius 2 is 1.54 bits per heavy atom. The number of rotatable bonds is 15. The van der Waals surface area contributed by atoms with E-state index < -0.39 is 17.3 Å². The molecule has 0 fully saturated rings. The predicted octanol–water partition coefficient (Wildman–Crippen LogP) is 5.32. The molecule has 0 bridgehead atoms. The maximum atomic E-state index is 13.9. The van der Waals surface area contributed by atoms with Crippen molar-refractivity contribution < 1.29 is 13.2 Å². The van der Waals surface area contributed by atoms with Crippen LogP contribution in [0.15, 0.2) is 23.0 Å². The van der Waals surface area contributed by atoms with Gasteiger partial charge in [0.25, 0.3) is 0 Å². The predicted molar refractivity (Wildman–Crippen MR) is 146 cm³/mol. The average molecular weight is 522 g/mol. The normalized spacial score (nSPS) is 12.4. The Balaban J connectivity index is 1.63. The quantitative estimate of drug-likeness (QED) is 0.236. The molecule has 0 atom stereocenters. The van der Waals surface area contributed by atoms with Gasteiger partial charge in [-0.25, -0.2) is 0 Å². The standard InChI is InChI=1S/C28H42F3N5O/c1-3-23-20(2)26-24(12-11-22-27(26)21(28(29,30)31)19-25(37)34-22)36(23)16-10-8-6-4-5-7-9-15-35(17-13-32)18-14-33/h11-12,19H,3-10,13-18,32-33H2,1-2H3,(H,34,37). The number of hydrogen-bond donors (Lipinski definition) is 3. The molecule has 9 heteroatoms. The topological polar surface area (TPSA) is 93.1 Å². The summed E-state index contributed by atoms with van der Waals surface area (Å²) in [4.78, 5) is 16.8. The number of aromatic nitrogens is 2. The van der Waals surface area contributed by atoms with Crippen LogP contribution in [0.3, 0.4) is 0 Å². The third kappa shape index (κ3) is 7.15. The average Bonchev–Trinajstić information content (AvgIpc) is 3.12. The lowest BCUT2D eigenvalue weighted by molar-refractivity contribution is -0.136. The van der Waals surface area contributed by atoms with Crippen LogP contribution in [0.4, 0.5) is 13.2 Å². The van der Waals surface area contributed by atoms with E-state index >= 15 is 0 Å². The Morgan fingerprint density at radius 3 is 2.14 bits per heavy atom. The number of nitrogens with zero attached hydrogens (tertiary/aromatic N) is 2. The van der Waals surface area contributed by atoms with Gasteiger partial charge in [0.15, 0.2) is 0 Å². The van der Waals surface area contributed by atoms with Crippen molar-refractivity contribution in [2.45, 2.75) is 77.9 Å². The molecule has 0 unspecified atom stereocenters. The molecule has 0 spiro atoms. The van der Waals surface area contributed by atoms with Gasteiger partial charge in [0, 0.05) is 66.3 Å². The smallest absolute Gasteiger partial charge is 0.344 e. The highest BCUT2D eigenvalue weighted by molar-refractivity contribution is 6.09. The highest BCUT2D eigenvalue weighted by Gasteiger charge is 2.34. The fourth-order valence-electron chi connectivity index (χ4n) is 5.57. The Morgan fingerprint density at radius 1 is 0.919 bits per heavy atom. The van der Waals surface area contributed by atoms with Crippen molar-refractivity contribution in [3.8, 4) is 0 Å². The molecule has 6 nitrogen and oxygen atoms in total. The molecule has 0 saturated carbocycles. The SMILES string of the molecule is CCc1c(C)c2c3c(C(F)(F)F)cc(=O)[nH]c3ccc2n1CCCCCCCCCN(CCN)CCN. The van der Waals surface area contributed by atoms with Crippen LogP contribution < -0.4 is 17.0 Å². The molecule has 5 N–H and O–H groups in total. The van der Waals surface area contributed by atoms with Crippen LogP contribution in [0.5, 0.6) is 0 Å². The van der Waals surface area contributed by atoms with Gasteiger partial charge >= 0.3 is 6.18 Å². The third-order valence-electron chi connectivity index (χ3n) is 7.30. The Hall–Kier alpha value is -2.36. The van der Waals surface area contributed by atoms with E-state index in [-0.39, 0.29) is 10.9 Å². The summed E-state index contributed by atoms with van der Waals surface area (Å²) in [5, 5.41) is 0.684.